The predicted molar refractivity (Wildman–Crippen MR) is 84.8 cm³/mol. The summed E-state index contributed by atoms with van der Waals surface area (Å²) in [6.45, 7) is 6.23. The number of hydrogen-bond acceptors (Lipinski definition) is 5. The minimum atomic E-state index is -0.0956. The molecule has 2 N–H and O–H groups in total. The summed E-state index contributed by atoms with van der Waals surface area (Å²) in [7, 11) is 0. The monoisotopic (exact) mass is 323 g/mol. The molecular formula is C18H29NO4. The molecule has 0 aromatic rings. The molecule has 5 heteroatoms. The minimum absolute atomic E-state index is 0.0102. The molecule has 2 aliphatic heterocycles. The van der Waals surface area contributed by atoms with Gasteiger partial charge >= 0.3 is 5.97 Å². The van der Waals surface area contributed by atoms with E-state index in [-0.39, 0.29) is 47.6 Å². The number of fused-ring (bicyclic) bond motifs is 2. The molecule has 0 radical (unpaired) electrons. The van der Waals surface area contributed by atoms with Crippen LogP contribution in [0, 0.1) is 23.2 Å². The van der Waals surface area contributed by atoms with E-state index >= 15 is 0 Å². The van der Waals surface area contributed by atoms with Crippen molar-refractivity contribution in [2.24, 2.45) is 23.2 Å². The van der Waals surface area contributed by atoms with Crippen LogP contribution in [0.5, 0.6) is 0 Å². The molecule has 130 valence electrons. The van der Waals surface area contributed by atoms with Gasteiger partial charge in [-0.15, -0.1) is 0 Å². The molecule has 2 aliphatic carbocycles. The van der Waals surface area contributed by atoms with Crippen molar-refractivity contribution in [2.45, 2.75) is 63.8 Å². The van der Waals surface area contributed by atoms with Gasteiger partial charge in [-0.1, -0.05) is 20.3 Å². The molecule has 4 fully saturated rings. The predicted octanol–water partition coefficient (Wildman–Crippen LogP) is 1.48. The Balaban J connectivity index is 1.52. The molecule has 0 aromatic carbocycles. The van der Waals surface area contributed by atoms with Gasteiger partial charge < -0.3 is 19.9 Å². The van der Waals surface area contributed by atoms with Gasteiger partial charge in [-0.25, -0.2) is 0 Å². The first-order valence-electron chi connectivity index (χ1n) is 9.23. The van der Waals surface area contributed by atoms with Gasteiger partial charge in [-0.2, -0.15) is 0 Å². The molecule has 4 aliphatic rings. The van der Waals surface area contributed by atoms with Gasteiger partial charge in [-0.3, -0.25) is 4.79 Å². The summed E-state index contributed by atoms with van der Waals surface area (Å²) in [6.07, 6.45) is 5.57. The molecule has 2 saturated heterocycles. The number of carbonyl (C=O) groups is 1. The van der Waals surface area contributed by atoms with E-state index in [9.17, 15) is 4.79 Å². The van der Waals surface area contributed by atoms with Gasteiger partial charge in [0.25, 0.3) is 0 Å². The van der Waals surface area contributed by atoms with Crippen molar-refractivity contribution in [3.05, 3.63) is 0 Å². The maximum Gasteiger partial charge on any atom is 0.311 e. The number of aliphatic hydroxyl groups excluding tert-OH is 1. The topological polar surface area (TPSA) is 71.1 Å². The van der Waals surface area contributed by atoms with Crippen LogP contribution in [0.1, 0.15) is 46.0 Å². The molecule has 7 atom stereocenters. The van der Waals surface area contributed by atoms with Crippen molar-refractivity contribution in [2.75, 3.05) is 19.7 Å². The Bertz CT molecular complexity index is 497. The van der Waals surface area contributed by atoms with Gasteiger partial charge in [0.15, 0.2) is 0 Å². The first-order valence-corrected chi connectivity index (χ1v) is 9.23. The number of ether oxygens (including phenoxy) is 2. The Morgan fingerprint density at radius 3 is 3.04 bits per heavy atom. The van der Waals surface area contributed by atoms with Crippen LogP contribution in [0.15, 0.2) is 0 Å². The minimum Gasteiger partial charge on any atom is -0.462 e. The first-order chi connectivity index (χ1) is 11.0. The van der Waals surface area contributed by atoms with Gasteiger partial charge in [0.05, 0.1) is 12.0 Å². The van der Waals surface area contributed by atoms with E-state index in [2.05, 4.69) is 19.2 Å². The average Bonchev–Trinajstić information content (AvgIpc) is 3.18. The van der Waals surface area contributed by atoms with Crippen molar-refractivity contribution in [3.8, 4) is 0 Å². The highest BCUT2D eigenvalue weighted by Crippen LogP contribution is 2.70. The fourth-order valence-electron chi connectivity index (χ4n) is 5.93. The highest BCUT2D eigenvalue weighted by atomic mass is 16.6. The van der Waals surface area contributed by atoms with Crippen LogP contribution in [0.4, 0.5) is 0 Å². The van der Waals surface area contributed by atoms with Gasteiger partial charge in [0, 0.05) is 24.5 Å². The molecule has 2 saturated carbocycles. The summed E-state index contributed by atoms with van der Waals surface area (Å²) in [5.74, 6) is 0.627. The molecule has 5 nitrogen and oxygen atoms in total. The smallest absolute Gasteiger partial charge is 0.311 e. The summed E-state index contributed by atoms with van der Waals surface area (Å²) in [5, 5.41) is 12.2. The van der Waals surface area contributed by atoms with Crippen LogP contribution in [-0.2, 0) is 14.3 Å². The molecule has 0 aromatic heterocycles. The summed E-state index contributed by atoms with van der Waals surface area (Å²) in [4.78, 5) is 12.4. The molecular weight excluding hydrogens is 294 g/mol. The summed E-state index contributed by atoms with van der Waals surface area (Å²) in [6, 6.07) is 0. The van der Waals surface area contributed by atoms with E-state index in [0.717, 1.165) is 19.4 Å². The molecule has 1 spiro atoms. The Hall–Kier alpha value is -0.650. The molecule has 4 rings (SSSR count). The number of rotatable bonds is 5. The second-order valence-corrected chi connectivity index (χ2v) is 8.33. The lowest BCUT2D eigenvalue weighted by molar-refractivity contribution is -0.146. The van der Waals surface area contributed by atoms with Gasteiger partial charge in [-0.05, 0) is 38.1 Å². The highest BCUT2D eigenvalue weighted by molar-refractivity contribution is 5.76. The third kappa shape index (κ3) is 2.12. The van der Waals surface area contributed by atoms with E-state index in [1.807, 2.05) is 0 Å². The second-order valence-electron chi connectivity index (χ2n) is 8.33. The largest absolute Gasteiger partial charge is 0.462 e. The van der Waals surface area contributed by atoms with Gasteiger partial charge in [0.2, 0.25) is 0 Å². The zero-order chi connectivity index (χ0) is 16.2. The van der Waals surface area contributed by atoms with Gasteiger partial charge in [0.1, 0.15) is 11.7 Å². The number of esters is 1. The molecule has 23 heavy (non-hydrogen) atoms. The van der Waals surface area contributed by atoms with E-state index in [0.29, 0.717) is 12.5 Å². The van der Waals surface area contributed by atoms with Crippen molar-refractivity contribution in [3.63, 3.8) is 0 Å². The maximum absolute atomic E-state index is 12.4. The Morgan fingerprint density at radius 2 is 2.26 bits per heavy atom. The summed E-state index contributed by atoms with van der Waals surface area (Å²) < 4.78 is 12.2. The summed E-state index contributed by atoms with van der Waals surface area (Å²) in [5.41, 5.74) is 0.153. The number of nitrogens with one attached hydrogen (secondary N) is 1. The Kier molecular flexibility index (Phi) is 3.74. The number of carbonyl (C=O) groups excluding carboxylic acids is 1. The quantitative estimate of drug-likeness (QED) is 0.456. The maximum atomic E-state index is 12.4. The SMILES string of the molecule is C[C@@H]1CCC[C@]2(C)C[C@H]3OC(=O)[C@@H](CNCCCO)[C@H]3[C@@H]3O[C@@]132. The lowest BCUT2D eigenvalue weighted by atomic mass is 9.53. The Labute approximate surface area is 138 Å². The molecule has 0 bridgehead atoms. The Morgan fingerprint density at radius 1 is 1.43 bits per heavy atom. The number of hydrogen-bond donors (Lipinski definition) is 2. The fraction of sp³-hybridized carbons (Fsp3) is 0.944. The van der Waals surface area contributed by atoms with Crippen LogP contribution >= 0.6 is 0 Å². The molecule has 0 amide bonds. The van der Waals surface area contributed by atoms with Crippen molar-refractivity contribution < 1.29 is 19.4 Å². The third-order valence-electron chi connectivity index (χ3n) is 7.07. The lowest BCUT2D eigenvalue weighted by Crippen LogP contribution is -2.54. The van der Waals surface area contributed by atoms with Crippen molar-refractivity contribution >= 4 is 5.97 Å². The second kappa shape index (κ2) is 5.43. The third-order valence-corrected chi connectivity index (χ3v) is 7.07. The van der Waals surface area contributed by atoms with E-state index in [1.165, 1.54) is 19.3 Å². The average molecular weight is 323 g/mol. The van der Waals surface area contributed by atoms with Crippen LogP contribution < -0.4 is 5.32 Å². The van der Waals surface area contributed by atoms with Crippen LogP contribution in [0.2, 0.25) is 0 Å². The molecule has 2 heterocycles. The van der Waals surface area contributed by atoms with Crippen molar-refractivity contribution in [1.29, 1.82) is 0 Å². The fourth-order valence-corrected chi connectivity index (χ4v) is 5.93. The number of aliphatic hydroxyl groups is 1. The van der Waals surface area contributed by atoms with Crippen LogP contribution in [-0.4, -0.2) is 48.6 Å². The van der Waals surface area contributed by atoms with E-state index in [1.54, 1.807) is 0 Å². The van der Waals surface area contributed by atoms with E-state index in [4.69, 9.17) is 14.6 Å². The van der Waals surface area contributed by atoms with E-state index < -0.39 is 0 Å². The zero-order valence-corrected chi connectivity index (χ0v) is 14.2. The normalized spacial score (nSPS) is 50.7. The molecule has 0 unspecified atom stereocenters. The van der Waals surface area contributed by atoms with Crippen LogP contribution in [0.3, 0.4) is 0 Å². The zero-order valence-electron chi connectivity index (χ0n) is 14.2. The van der Waals surface area contributed by atoms with Crippen molar-refractivity contribution in [1.82, 2.24) is 5.32 Å². The first kappa shape index (κ1) is 15.9. The lowest BCUT2D eigenvalue weighted by Gasteiger charge is -2.48. The summed E-state index contributed by atoms with van der Waals surface area (Å²) >= 11 is 0. The van der Waals surface area contributed by atoms with Crippen LogP contribution in [0.25, 0.3) is 0 Å². The number of epoxide rings is 1. The standard InChI is InChI=1S/C18H29NO4/c1-11-5-3-6-17(2)9-13-14(15-18(11,17)23-15)12(16(21)22-13)10-19-7-4-8-20/h11-15,19-20H,3-10H2,1-2H3/t11-,12+,13-,14-,15+,17-,18+/m1/s1. The highest BCUT2D eigenvalue weighted by Gasteiger charge is 2.78.